The zero-order valence-corrected chi connectivity index (χ0v) is 12.0. The number of ether oxygens (including phenoxy) is 1. The molecule has 0 spiro atoms. The van der Waals surface area contributed by atoms with Gasteiger partial charge < -0.3 is 15.0 Å². The molecule has 0 radical (unpaired) electrons. The predicted octanol–water partition coefficient (Wildman–Crippen LogP) is 2.41. The molecule has 1 unspecified atom stereocenters. The van der Waals surface area contributed by atoms with Crippen LogP contribution in [0.5, 0.6) is 0 Å². The normalized spacial score (nSPS) is 26.7. The Morgan fingerprint density at radius 3 is 2.67 bits per heavy atom. The first-order chi connectivity index (χ1) is 8.86. The lowest BCUT2D eigenvalue weighted by Crippen LogP contribution is -2.39. The van der Waals surface area contributed by atoms with Gasteiger partial charge in [0, 0.05) is 18.7 Å². The Morgan fingerprint density at radius 2 is 1.94 bits per heavy atom. The monoisotopic (exact) mass is 254 g/mol. The SMILES string of the molecule is CN(CCCNC1CCCOC1)C1CCCCC1. The summed E-state index contributed by atoms with van der Waals surface area (Å²) in [7, 11) is 2.31. The number of rotatable bonds is 6. The molecule has 0 aromatic rings. The van der Waals surface area contributed by atoms with Gasteiger partial charge in [0.25, 0.3) is 0 Å². The van der Waals surface area contributed by atoms with Crippen molar-refractivity contribution in [3.8, 4) is 0 Å². The second-order valence-corrected chi connectivity index (χ2v) is 5.99. The Bertz CT molecular complexity index is 211. The smallest absolute Gasteiger partial charge is 0.0619 e. The Hall–Kier alpha value is -0.120. The summed E-state index contributed by atoms with van der Waals surface area (Å²) in [6.45, 7) is 4.26. The van der Waals surface area contributed by atoms with E-state index in [0.717, 1.165) is 25.8 Å². The van der Waals surface area contributed by atoms with Crippen LogP contribution < -0.4 is 5.32 Å². The molecule has 1 heterocycles. The molecule has 2 fully saturated rings. The lowest BCUT2D eigenvalue weighted by atomic mass is 9.94. The summed E-state index contributed by atoms with van der Waals surface area (Å²) in [5, 5.41) is 3.63. The molecule has 1 aliphatic carbocycles. The average molecular weight is 254 g/mol. The van der Waals surface area contributed by atoms with Gasteiger partial charge in [-0.1, -0.05) is 19.3 Å². The average Bonchev–Trinajstić information content (AvgIpc) is 2.45. The third kappa shape index (κ3) is 4.87. The van der Waals surface area contributed by atoms with Crippen LogP contribution in [-0.2, 0) is 4.74 Å². The third-order valence-electron chi connectivity index (χ3n) is 4.48. The van der Waals surface area contributed by atoms with Gasteiger partial charge in [-0.3, -0.25) is 0 Å². The zero-order valence-electron chi connectivity index (χ0n) is 12.0. The summed E-state index contributed by atoms with van der Waals surface area (Å²) in [5.74, 6) is 0. The third-order valence-corrected chi connectivity index (χ3v) is 4.48. The first kappa shape index (κ1) is 14.3. The molecule has 0 amide bonds. The highest BCUT2D eigenvalue weighted by Crippen LogP contribution is 2.21. The van der Waals surface area contributed by atoms with Gasteiger partial charge in [-0.05, 0) is 52.2 Å². The number of hydrogen-bond acceptors (Lipinski definition) is 3. The molecule has 0 aromatic heterocycles. The van der Waals surface area contributed by atoms with Gasteiger partial charge in [0.1, 0.15) is 0 Å². The summed E-state index contributed by atoms with van der Waals surface area (Å²) < 4.78 is 5.48. The van der Waals surface area contributed by atoms with Crippen LogP contribution in [0.3, 0.4) is 0 Å². The molecular formula is C15H30N2O. The molecule has 1 saturated heterocycles. The van der Waals surface area contributed by atoms with Crippen molar-refractivity contribution in [1.29, 1.82) is 0 Å². The van der Waals surface area contributed by atoms with E-state index in [1.54, 1.807) is 0 Å². The summed E-state index contributed by atoms with van der Waals surface area (Å²) >= 11 is 0. The highest BCUT2D eigenvalue weighted by atomic mass is 16.5. The van der Waals surface area contributed by atoms with Crippen LogP contribution in [0, 0.1) is 0 Å². The highest BCUT2D eigenvalue weighted by Gasteiger charge is 2.17. The number of hydrogen-bond donors (Lipinski definition) is 1. The molecular weight excluding hydrogens is 224 g/mol. The molecule has 18 heavy (non-hydrogen) atoms. The summed E-state index contributed by atoms with van der Waals surface area (Å²) in [4.78, 5) is 2.58. The van der Waals surface area contributed by atoms with E-state index in [9.17, 15) is 0 Å². The Kier molecular flexibility index (Phi) is 6.46. The van der Waals surface area contributed by atoms with Gasteiger partial charge in [0.05, 0.1) is 6.61 Å². The maximum atomic E-state index is 5.48. The van der Waals surface area contributed by atoms with Crippen LogP contribution in [0.15, 0.2) is 0 Å². The molecule has 106 valence electrons. The molecule has 1 N–H and O–H groups in total. The molecule has 0 bridgehead atoms. The molecule has 2 rings (SSSR count). The Balaban J connectivity index is 1.51. The van der Waals surface area contributed by atoms with E-state index in [-0.39, 0.29) is 0 Å². The van der Waals surface area contributed by atoms with Crippen molar-refractivity contribution in [2.45, 2.75) is 63.5 Å². The predicted molar refractivity (Wildman–Crippen MR) is 76.0 cm³/mol. The molecule has 1 aliphatic heterocycles. The summed E-state index contributed by atoms with van der Waals surface area (Å²) in [6, 6.07) is 1.47. The van der Waals surface area contributed by atoms with Crippen LogP contribution in [-0.4, -0.2) is 50.3 Å². The molecule has 1 atom stereocenters. The summed E-state index contributed by atoms with van der Waals surface area (Å²) in [5.41, 5.74) is 0. The van der Waals surface area contributed by atoms with Gasteiger partial charge in [-0.25, -0.2) is 0 Å². The van der Waals surface area contributed by atoms with Crippen molar-refractivity contribution in [3.63, 3.8) is 0 Å². The van der Waals surface area contributed by atoms with E-state index in [1.807, 2.05) is 0 Å². The van der Waals surface area contributed by atoms with Gasteiger partial charge in [0.15, 0.2) is 0 Å². The topological polar surface area (TPSA) is 24.5 Å². The van der Waals surface area contributed by atoms with E-state index in [1.165, 1.54) is 57.9 Å². The molecule has 3 heteroatoms. The van der Waals surface area contributed by atoms with Gasteiger partial charge in [0.2, 0.25) is 0 Å². The lowest BCUT2D eigenvalue weighted by Gasteiger charge is -2.31. The summed E-state index contributed by atoms with van der Waals surface area (Å²) in [6.07, 6.45) is 10.9. The minimum Gasteiger partial charge on any atom is -0.380 e. The standard InChI is InChI=1S/C15H30N2O/c1-17(15-8-3-2-4-9-15)11-6-10-16-14-7-5-12-18-13-14/h14-16H,2-13H2,1H3. The minimum atomic E-state index is 0.610. The maximum Gasteiger partial charge on any atom is 0.0619 e. The van der Waals surface area contributed by atoms with Crippen LogP contribution in [0.1, 0.15) is 51.4 Å². The van der Waals surface area contributed by atoms with Crippen molar-refractivity contribution >= 4 is 0 Å². The number of nitrogens with one attached hydrogen (secondary N) is 1. The van der Waals surface area contributed by atoms with E-state index in [4.69, 9.17) is 4.74 Å². The van der Waals surface area contributed by atoms with E-state index in [0.29, 0.717) is 6.04 Å². The van der Waals surface area contributed by atoms with Crippen molar-refractivity contribution < 1.29 is 4.74 Å². The fourth-order valence-electron chi connectivity index (χ4n) is 3.24. The van der Waals surface area contributed by atoms with E-state index >= 15 is 0 Å². The fraction of sp³-hybridized carbons (Fsp3) is 1.00. The zero-order chi connectivity index (χ0) is 12.6. The van der Waals surface area contributed by atoms with Crippen LogP contribution >= 0.6 is 0 Å². The molecule has 3 nitrogen and oxygen atoms in total. The number of nitrogens with zero attached hydrogens (tertiary/aromatic N) is 1. The second kappa shape index (κ2) is 8.13. The molecule has 1 saturated carbocycles. The van der Waals surface area contributed by atoms with E-state index < -0.39 is 0 Å². The molecule has 2 aliphatic rings. The lowest BCUT2D eigenvalue weighted by molar-refractivity contribution is 0.0700. The van der Waals surface area contributed by atoms with Crippen LogP contribution in [0.2, 0.25) is 0 Å². The van der Waals surface area contributed by atoms with Gasteiger partial charge >= 0.3 is 0 Å². The van der Waals surface area contributed by atoms with Crippen molar-refractivity contribution in [3.05, 3.63) is 0 Å². The van der Waals surface area contributed by atoms with Crippen LogP contribution in [0.4, 0.5) is 0 Å². The first-order valence-corrected chi connectivity index (χ1v) is 7.87. The Morgan fingerprint density at radius 1 is 1.11 bits per heavy atom. The largest absolute Gasteiger partial charge is 0.380 e. The highest BCUT2D eigenvalue weighted by molar-refractivity contribution is 4.74. The van der Waals surface area contributed by atoms with Crippen molar-refractivity contribution in [2.24, 2.45) is 0 Å². The van der Waals surface area contributed by atoms with Crippen LogP contribution in [0.25, 0.3) is 0 Å². The van der Waals surface area contributed by atoms with E-state index in [2.05, 4.69) is 17.3 Å². The molecule has 0 aromatic carbocycles. The quantitative estimate of drug-likeness (QED) is 0.737. The van der Waals surface area contributed by atoms with Gasteiger partial charge in [-0.2, -0.15) is 0 Å². The van der Waals surface area contributed by atoms with Crippen molar-refractivity contribution in [1.82, 2.24) is 10.2 Å². The first-order valence-electron chi connectivity index (χ1n) is 7.87. The maximum absolute atomic E-state index is 5.48. The second-order valence-electron chi connectivity index (χ2n) is 5.99. The van der Waals surface area contributed by atoms with Gasteiger partial charge in [-0.15, -0.1) is 0 Å². The fourth-order valence-corrected chi connectivity index (χ4v) is 3.24. The Labute approximate surface area is 112 Å². The minimum absolute atomic E-state index is 0.610. The van der Waals surface area contributed by atoms with Crippen molar-refractivity contribution in [2.75, 3.05) is 33.4 Å².